The van der Waals surface area contributed by atoms with Crippen molar-refractivity contribution >= 4 is 46.2 Å². The molecule has 0 atom stereocenters. The predicted molar refractivity (Wildman–Crippen MR) is 124 cm³/mol. The van der Waals surface area contributed by atoms with Crippen LogP contribution in [0.4, 0.5) is 10.1 Å². The summed E-state index contributed by atoms with van der Waals surface area (Å²) in [5.41, 5.74) is 3.26. The van der Waals surface area contributed by atoms with Crippen LogP contribution in [0, 0.1) is 12.7 Å². The molecule has 0 saturated carbocycles. The van der Waals surface area contributed by atoms with Gasteiger partial charge in [0, 0.05) is 5.02 Å². The van der Waals surface area contributed by atoms with Crippen LogP contribution in [0.15, 0.2) is 76.6 Å². The standard InChI is InChI=1S/C24H18ClFN2O2S/c1-15-5-8-19(13-21(15)25)27-24-28-23(29)22(31-24)12-16-6-9-20(10-7-16)30-14-17-3-2-4-18(26)11-17/h2-13H,14H2,1H3,(H,27,28,29)/b22-12-. The van der Waals surface area contributed by atoms with Gasteiger partial charge < -0.3 is 10.1 Å². The fourth-order valence-corrected chi connectivity index (χ4v) is 3.87. The zero-order valence-electron chi connectivity index (χ0n) is 16.6. The minimum absolute atomic E-state index is 0.201. The van der Waals surface area contributed by atoms with E-state index in [9.17, 15) is 9.18 Å². The Morgan fingerprint density at radius 2 is 1.94 bits per heavy atom. The van der Waals surface area contributed by atoms with Gasteiger partial charge in [0.2, 0.25) is 0 Å². The molecule has 1 saturated heterocycles. The number of nitrogens with zero attached hydrogens (tertiary/aromatic N) is 1. The Morgan fingerprint density at radius 1 is 1.13 bits per heavy atom. The molecule has 1 fully saturated rings. The van der Waals surface area contributed by atoms with Crippen LogP contribution >= 0.6 is 23.4 Å². The van der Waals surface area contributed by atoms with Gasteiger partial charge in [0.05, 0.1) is 10.6 Å². The molecular weight excluding hydrogens is 435 g/mol. The number of benzene rings is 3. The van der Waals surface area contributed by atoms with E-state index in [1.54, 1.807) is 18.2 Å². The maximum Gasteiger partial charge on any atom is 0.264 e. The Morgan fingerprint density at radius 3 is 2.68 bits per heavy atom. The first-order valence-electron chi connectivity index (χ1n) is 9.49. The Labute approximate surface area is 188 Å². The first kappa shape index (κ1) is 21.2. The topological polar surface area (TPSA) is 50.7 Å². The summed E-state index contributed by atoms with van der Waals surface area (Å²) in [5, 5.41) is 3.91. The highest BCUT2D eigenvalue weighted by molar-refractivity contribution is 8.18. The molecule has 1 aliphatic rings. The van der Waals surface area contributed by atoms with Gasteiger partial charge in [0.1, 0.15) is 18.2 Å². The number of hydrogen-bond donors (Lipinski definition) is 1. The zero-order chi connectivity index (χ0) is 21.8. The number of hydrogen-bond acceptors (Lipinski definition) is 4. The van der Waals surface area contributed by atoms with Crippen LogP contribution in [0.3, 0.4) is 0 Å². The van der Waals surface area contributed by atoms with Gasteiger partial charge in [0.25, 0.3) is 5.91 Å². The molecule has 1 amide bonds. The highest BCUT2D eigenvalue weighted by atomic mass is 35.5. The van der Waals surface area contributed by atoms with E-state index in [0.29, 0.717) is 26.5 Å². The van der Waals surface area contributed by atoms with Gasteiger partial charge in [-0.15, -0.1) is 0 Å². The van der Waals surface area contributed by atoms with Gasteiger partial charge in [-0.2, -0.15) is 0 Å². The highest BCUT2D eigenvalue weighted by Crippen LogP contribution is 2.30. The first-order chi connectivity index (χ1) is 15.0. The molecule has 0 aliphatic carbocycles. The molecule has 0 spiro atoms. The first-order valence-corrected chi connectivity index (χ1v) is 10.7. The lowest BCUT2D eigenvalue weighted by atomic mass is 10.2. The summed E-state index contributed by atoms with van der Waals surface area (Å²) in [4.78, 5) is 17.3. The van der Waals surface area contributed by atoms with E-state index >= 15 is 0 Å². The van der Waals surface area contributed by atoms with Crippen LogP contribution in [0.2, 0.25) is 5.02 Å². The fourth-order valence-electron chi connectivity index (χ4n) is 2.85. The van der Waals surface area contributed by atoms with Gasteiger partial charge in [-0.1, -0.05) is 41.9 Å². The number of amides is 1. The van der Waals surface area contributed by atoms with Crippen molar-refractivity contribution in [3.8, 4) is 5.75 Å². The summed E-state index contributed by atoms with van der Waals surface area (Å²) < 4.78 is 18.9. The third kappa shape index (κ3) is 5.54. The molecule has 156 valence electrons. The van der Waals surface area contributed by atoms with E-state index in [0.717, 1.165) is 16.7 Å². The normalized spacial score (nSPS) is 16.0. The molecule has 7 heteroatoms. The third-order valence-corrected chi connectivity index (χ3v) is 5.83. The lowest BCUT2D eigenvalue weighted by Crippen LogP contribution is -2.19. The molecule has 4 rings (SSSR count). The molecule has 1 aliphatic heterocycles. The van der Waals surface area contributed by atoms with Crippen LogP contribution in [0.1, 0.15) is 16.7 Å². The third-order valence-electron chi connectivity index (χ3n) is 4.51. The number of carbonyl (C=O) groups excluding carboxylic acids is 1. The molecule has 1 heterocycles. The molecule has 0 aromatic heterocycles. The van der Waals surface area contributed by atoms with E-state index in [1.807, 2.05) is 49.4 Å². The van der Waals surface area contributed by atoms with E-state index < -0.39 is 0 Å². The molecule has 3 aromatic carbocycles. The van der Waals surface area contributed by atoms with Crippen LogP contribution in [-0.2, 0) is 11.4 Å². The molecule has 1 N–H and O–H groups in total. The van der Waals surface area contributed by atoms with E-state index in [4.69, 9.17) is 16.3 Å². The average Bonchev–Trinajstić information content (AvgIpc) is 3.09. The van der Waals surface area contributed by atoms with Crippen molar-refractivity contribution in [2.45, 2.75) is 13.5 Å². The monoisotopic (exact) mass is 452 g/mol. The van der Waals surface area contributed by atoms with Crippen LogP contribution in [0.25, 0.3) is 6.08 Å². The van der Waals surface area contributed by atoms with Crippen molar-refractivity contribution in [1.82, 2.24) is 5.32 Å². The Kier molecular flexibility index (Phi) is 6.39. The number of aryl methyl sites for hydroxylation is 1. The second-order valence-electron chi connectivity index (χ2n) is 6.90. The lowest BCUT2D eigenvalue weighted by Gasteiger charge is -2.06. The minimum Gasteiger partial charge on any atom is -0.489 e. The van der Waals surface area contributed by atoms with Crippen molar-refractivity contribution in [2.24, 2.45) is 4.99 Å². The quantitative estimate of drug-likeness (QED) is 0.465. The zero-order valence-corrected chi connectivity index (χ0v) is 18.1. The van der Waals surface area contributed by atoms with E-state index in [2.05, 4.69) is 10.3 Å². The number of halogens is 2. The summed E-state index contributed by atoms with van der Waals surface area (Å²) >= 11 is 7.41. The Hall–Kier alpha value is -3.09. The van der Waals surface area contributed by atoms with Crippen molar-refractivity contribution in [3.05, 3.63) is 99.2 Å². The largest absolute Gasteiger partial charge is 0.489 e. The summed E-state index contributed by atoms with van der Waals surface area (Å²) in [7, 11) is 0. The maximum absolute atomic E-state index is 13.2. The molecule has 4 nitrogen and oxygen atoms in total. The van der Waals surface area contributed by atoms with Crippen LogP contribution in [0.5, 0.6) is 5.75 Å². The molecule has 0 unspecified atom stereocenters. The van der Waals surface area contributed by atoms with Gasteiger partial charge in [-0.25, -0.2) is 9.38 Å². The number of thioether (sulfide) groups is 1. The Bertz CT molecular complexity index is 1190. The summed E-state index contributed by atoms with van der Waals surface area (Å²) in [6.45, 7) is 2.20. The second kappa shape index (κ2) is 9.37. The molecule has 3 aromatic rings. The fraction of sp³-hybridized carbons (Fsp3) is 0.0833. The minimum atomic E-state index is -0.288. The molecular formula is C24H18ClFN2O2S. The smallest absolute Gasteiger partial charge is 0.264 e. The van der Waals surface area contributed by atoms with Crippen molar-refractivity contribution in [3.63, 3.8) is 0 Å². The maximum atomic E-state index is 13.2. The molecule has 0 radical (unpaired) electrons. The SMILES string of the molecule is Cc1ccc(N=C2NC(=O)/C(=C/c3ccc(OCc4cccc(F)c4)cc3)S2)cc1Cl. The second-order valence-corrected chi connectivity index (χ2v) is 8.34. The van der Waals surface area contributed by atoms with Crippen molar-refractivity contribution in [2.75, 3.05) is 0 Å². The number of aliphatic imine (C=N–C) groups is 1. The van der Waals surface area contributed by atoms with Gasteiger partial charge in [-0.05, 0) is 77.9 Å². The van der Waals surface area contributed by atoms with Crippen LogP contribution < -0.4 is 10.1 Å². The van der Waals surface area contributed by atoms with E-state index in [1.165, 1.54) is 23.9 Å². The number of ether oxygens (including phenoxy) is 1. The highest BCUT2D eigenvalue weighted by Gasteiger charge is 2.23. The van der Waals surface area contributed by atoms with Gasteiger partial charge in [0.15, 0.2) is 5.17 Å². The number of carbonyl (C=O) groups is 1. The van der Waals surface area contributed by atoms with Crippen molar-refractivity contribution < 1.29 is 13.9 Å². The lowest BCUT2D eigenvalue weighted by molar-refractivity contribution is -0.115. The summed E-state index contributed by atoms with van der Waals surface area (Å²) in [6.07, 6.45) is 1.79. The molecule has 31 heavy (non-hydrogen) atoms. The van der Waals surface area contributed by atoms with Gasteiger partial charge in [-0.3, -0.25) is 4.79 Å². The number of amidine groups is 1. The molecule has 0 bridgehead atoms. The summed E-state index contributed by atoms with van der Waals surface area (Å²) in [5.74, 6) is 0.172. The summed E-state index contributed by atoms with van der Waals surface area (Å²) in [6, 6.07) is 19.1. The number of nitrogens with one attached hydrogen (secondary N) is 1. The predicted octanol–water partition coefficient (Wildman–Crippen LogP) is 6.26. The Balaban J connectivity index is 1.41. The average molecular weight is 453 g/mol. The van der Waals surface area contributed by atoms with Crippen LogP contribution in [-0.4, -0.2) is 11.1 Å². The van der Waals surface area contributed by atoms with Crippen molar-refractivity contribution in [1.29, 1.82) is 0 Å². The van der Waals surface area contributed by atoms with Gasteiger partial charge >= 0.3 is 0 Å². The number of rotatable bonds is 5. The van der Waals surface area contributed by atoms with E-state index in [-0.39, 0.29) is 18.3 Å².